The number of carboxylic acid groups (broad SMARTS) is 1. The van der Waals surface area contributed by atoms with Gasteiger partial charge in [-0.2, -0.15) is 0 Å². The lowest BCUT2D eigenvalue weighted by atomic mass is 10.0. The molecule has 5 heteroatoms. The molecule has 1 amide bonds. The number of hydrogen-bond acceptors (Lipinski definition) is 4. The van der Waals surface area contributed by atoms with E-state index >= 15 is 0 Å². The topological polar surface area (TPSA) is 78.5 Å². The normalized spacial score (nSPS) is 11.9. The average molecular weight is 264 g/mol. The van der Waals surface area contributed by atoms with Crippen LogP contribution in [0.3, 0.4) is 0 Å². The first-order chi connectivity index (χ1) is 8.99. The smallest absolute Gasteiger partial charge is 0.258 e. The highest BCUT2D eigenvalue weighted by atomic mass is 16.5. The summed E-state index contributed by atoms with van der Waals surface area (Å²) in [6.45, 7) is 3.54. The van der Waals surface area contributed by atoms with Gasteiger partial charge in [-0.05, 0) is 24.5 Å². The molecule has 0 saturated heterocycles. The van der Waals surface area contributed by atoms with E-state index in [-0.39, 0.29) is 12.5 Å². The zero-order chi connectivity index (χ0) is 14.3. The molecule has 1 aromatic rings. The van der Waals surface area contributed by atoms with Crippen LogP contribution in [-0.2, 0) is 9.59 Å². The van der Waals surface area contributed by atoms with Gasteiger partial charge in [0.2, 0.25) is 0 Å². The molecule has 0 saturated carbocycles. The van der Waals surface area contributed by atoms with Gasteiger partial charge in [-0.3, -0.25) is 4.79 Å². The number of carbonyl (C=O) groups is 2. The summed E-state index contributed by atoms with van der Waals surface area (Å²) in [5, 5.41) is 13.3. The Morgan fingerprint density at radius 2 is 1.89 bits per heavy atom. The lowest BCUT2D eigenvalue weighted by Gasteiger charge is -2.21. The van der Waals surface area contributed by atoms with Crippen LogP contribution in [0.5, 0.6) is 5.75 Å². The minimum absolute atomic E-state index is 0.151. The first kappa shape index (κ1) is 15.0. The van der Waals surface area contributed by atoms with E-state index in [9.17, 15) is 14.7 Å². The maximum Gasteiger partial charge on any atom is 0.258 e. The summed E-state index contributed by atoms with van der Waals surface area (Å²) in [6, 6.07) is 7.87. The molecule has 1 aromatic carbocycles. The number of para-hydroxylation sites is 1. The molecule has 1 N–H and O–H groups in total. The first-order valence-corrected chi connectivity index (χ1v) is 6.17. The quantitative estimate of drug-likeness (QED) is 0.770. The van der Waals surface area contributed by atoms with Crippen molar-refractivity contribution >= 4 is 11.9 Å². The molecule has 0 aromatic heterocycles. The van der Waals surface area contributed by atoms with Gasteiger partial charge in [0.15, 0.2) is 6.61 Å². The second-order valence-electron chi connectivity index (χ2n) is 4.67. The Labute approximate surface area is 112 Å². The number of nitrogens with one attached hydrogen (secondary N) is 1. The van der Waals surface area contributed by atoms with Crippen molar-refractivity contribution < 1.29 is 19.4 Å². The van der Waals surface area contributed by atoms with Crippen molar-refractivity contribution in [3.05, 3.63) is 30.3 Å². The van der Waals surface area contributed by atoms with Gasteiger partial charge in [-0.15, -0.1) is 0 Å². The van der Waals surface area contributed by atoms with Crippen molar-refractivity contribution in [2.24, 2.45) is 5.92 Å². The number of carbonyl (C=O) groups excluding carboxylic acids is 2. The summed E-state index contributed by atoms with van der Waals surface area (Å²) < 4.78 is 5.23. The molecule has 104 valence electrons. The number of aliphatic carboxylic acids is 1. The average Bonchev–Trinajstić information content (AvgIpc) is 2.36. The van der Waals surface area contributed by atoms with Crippen LogP contribution in [0.1, 0.15) is 20.3 Å². The third-order valence-electron chi connectivity index (χ3n) is 2.44. The third-order valence-corrected chi connectivity index (χ3v) is 2.44. The molecule has 0 fully saturated rings. The molecule has 0 aliphatic rings. The summed E-state index contributed by atoms with van der Waals surface area (Å²) in [5.41, 5.74) is 0. The largest absolute Gasteiger partial charge is 0.548 e. The number of carboxylic acids is 1. The van der Waals surface area contributed by atoms with Crippen LogP contribution in [0.2, 0.25) is 0 Å². The van der Waals surface area contributed by atoms with E-state index in [0.29, 0.717) is 12.2 Å². The Balaban J connectivity index is 2.42. The summed E-state index contributed by atoms with van der Waals surface area (Å²) in [7, 11) is 0. The van der Waals surface area contributed by atoms with E-state index in [4.69, 9.17) is 4.74 Å². The Kier molecular flexibility index (Phi) is 5.85. The number of benzene rings is 1. The molecule has 0 radical (unpaired) electrons. The third kappa shape index (κ3) is 5.90. The molecule has 19 heavy (non-hydrogen) atoms. The van der Waals surface area contributed by atoms with Crippen LogP contribution >= 0.6 is 0 Å². The van der Waals surface area contributed by atoms with Crippen molar-refractivity contribution in [2.45, 2.75) is 26.3 Å². The van der Waals surface area contributed by atoms with E-state index in [1.54, 1.807) is 24.3 Å². The SMILES string of the molecule is CC(C)C[C@H](NC(=O)COc1ccccc1)C(=O)[O-]. The van der Waals surface area contributed by atoms with Gasteiger partial charge < -0.3 is 20.0 Å². The van der Waals surface area contributed by atoms with E-state index in [0.717, 1.165) is 0 Å². The molecule has 5 nitrogen and oxygen atoms in total. The fourth-order valence-electron chi connectivity index (χ4n) is 1.59. The standard InChI is InChI=1S/C14H19NO4/c1-10(2)8-12(14(17)18)15-13(16)9-19-11-6-4-3-5-7-11/h3-7,10,12H,8-9H2,1-2H3,(H,15,16)(H,17,18)/p-1/t12-/m0/s1. The molecule has 0 bridgehead atoms. The zero-order valence-electron chi connectivity index (χ0n) is 11.1. The fourth-order valence-corrected chi connectivity index (χ4v) is 1.59. The molecular weight excluding hydrogens is 246 g/mol. The molecule has 0 aliphatic heterocycles. The molecule has 0 aliphatic carbocycles. The van der Waals surface area contributed by atoms with Gasteiger partial charge in [0, 0.05) is 0 Å². The Hall–Kier alpha value is -2.04. The monoisotopic (exact) mass is 264 g/mol. The number of amides is 1. The Morgan fingerprint density at radius 1 is 1.26 bits per heavy atom. The molecule has 0 heterocycles. The molecule has 1 rings (SSSR count). The lowest BCUT2D eigenvalue weighted by Crippen LogP contribution is -2.49. The van der Waals surface area contributed by atoms with Gasteiger partial charge in [0.1, 0.15) is 5.75 Å². The van der Waals surface area contributed by atoms with Crippen LogP contribution in [-0.4, -0.2) is 24.5 Å². The minimum Gasteiger partial charge on any atom is -0.548 e. The van der Waals surface area contributed by atoms with Gasteiger partial charge in [-0.25, -0.2) is 0 Å². The maximum absolute atomic E-state index is 11.6. The Bertz CT molecular complexity index is 417. The number of hydrogen-bond donors (Lipinski definition) is 1. The van der Waals surface area contributed by atoms with Crippen molar-refractivity contribution in [3.63, 3.8) is 0 Å². The number of rotatable bonds is 7. The predicted octanol–water partition coefficient (Wildman–Crippen LogP) is 0.346. The highest BCUT2D eigenvalue weighted by molar-refractivity contribution is 5.83. The van der Waals surface area contributed by atoms with Crippen LogP contribution in [0.25, 0.3) is 0 Å². The fraction of sp³-hybridized carbons (Fsp3) is 0.429. The van der Waals surface area contributed by atoms with Gasteiger partial charge in [0.25, 0.3) is 5.91 Å². The van der Waals surface area contributed by atoms with Crippen molar-refractivity contribution in [2.75, 3.05) is 6.61 Å². The van der Waals surface area contributed by atoms with Crippen LogP contribution in [0, 0.1) is 5.92 Å². The summed E-state index contributed by atoms with van der Waals surface area (Å²) in [4.78, 5) is 22.5. The van der Waals surface area contributed by atoms with Gasteiger partial charge >= 0.3 is 0 Å². The van der Waals surface area contributed by atoms with E-state index < -0.39 is 17.9 Å². The zero-order valence-corrected chi connectivity index (χ0v) is 11.1. The minimum atomic E-state index is -1.28. The van der Waals surface area contributed by atoms with Crippen LogP contribution < -0.4 is 15.2 Å². The second kappa shape index (κ2) is 7.41. The molecular formula is C14H18NO4-. The van der Waals surface area contributed by atoms with Crippen molar-refractivity contribution in [1.82, 2.24) is 5.32 Å². The first-order valence-electron chi connectivity index (χ1n) is 6.17. The van der Waals surface area contributed by atoms with Gasteiger partial charge in [0.05, 0.1) is 12.0 Å². The van der Waals surface area contributed by atoms with Crippen molar-refractivity contribution in [3.8, 4) is 5.75 Å². The molecule has 1 atom stereocenters. The Morgan fingerprint density at radius 3 is 2.42 bits per heavy atom. The highest BCUT2D eigenvalue weighted by Crippen LogP contribution is 2.08. The predicted molar refractivity (Wildman–Crippen MR) is 68.3 cm³/mol. The lowest BCUT2D eigenvalue weighted by molar-refractivity contribution is -0.308. The van der Waals surface area contributed by atoms with E-state index in [1.807, 2.05) is 19.9 Å². The van der Waals surface area contributed by atoms with Crippen molar-refractivity contribution in [1.29, 1.82) is 0 Å². The molecule has 0 unspecified atom stereocenters. The van der Waals surface area contributed by atoms with Gasteiger partial charge in [-0.1, -0.05) is 32.0 Å². The highest BCUT2D eigenvalue weighted by Gasteiger charge is 2.15. The van der Waals surface area contributed by atoms with Crippen LogP contribution in [0.15, 0.2) is 30.3 Å². The maximum atomic E-state index is 11.6. The number of ether oxygens (including phenoxy) is 1. The van der Waals surface area contributed by atoms with E-state index in [1.165, 1.54) is 0 Å². The summed E-state index contributed by atoms with van der Waals surface area (Å²) >= 11 is 0. The second-order valence-corrected chi connectivity index (χ2v) is 4.67. The van der Waals surface area contributed by atoms with E-state index in [2.05, 4.69) is 5.32 Å². The summed E-state index contributed by atoms with van der Waals surface area (Å²) in [5.74, 6) is -1.04. The summed E-state index contributed by atoms with van der Waals surface area (Å²) in [6.07, 6.45) is 0.333. The molecule has 0 spiro atoms. The van der Waals surface area contributed by atoms with Crippen LogP contribution in [0.4, 0.5) is 0 Å².